The Morgan fingerprint density at radius 1 is 1.25 bits per heavy atom. The Labute approximate surface area is 142 Å². The molecule has 2 aromatic carbocycles. The molecule has 7 heteroatoms. The lowest BCUT2D eigenvalue weighted by atomic mass is 10.1. The number of hydrogen-bond acceptors (Lipinski definition) is 4. The highest BCUT2D eigenvalue weighted by atomic mass is 35.5. The average Bonchev–Trinajstić information content (AvgIpc) is 2.58. The minimum Gasteiger partial charge on any atom is -0.805 e. The zero-order valence-corrected chi connectivity index (χ0v) is 13.5. The second kappa shape index (κ2) is 6.33. The summed E-state index contributed by atoms with van der Waals surface area (Å²) in [7, 11) is 0. The maximum absolute atomic E-state index is 12.8. The summed E-state index contributed by atoms with van der Waals surface area (Å²) in [5, 5.41) is 13.1. The van der Waals surface area contributed by atoms with Crippen LogP contribution in [0.5, 0.6) is 0 Å². The lowest BCUT2D eigenvalue weighted by Crippen LogP contribution is -2.28. The number of para-hydroxylation sites is 2. The highest BCUT2D eigenvalue weighted by Gasteiger charge is 2.29. The Morgan fingerprint density at radius 2 is 2.00 bits per heavy atom. The Balaban J connectivity index is 2.45. The molecule has 0 fully saturated rings. The molecule has 0 aliphatic heterocycles. The largest absolute Gasteiger partial charge is 0.805 e. The van der Waals surface area contributed by atoms with Crippen molar-refractivity contribution in [1.29, 1.82) is 0 Å². The number of hydrogen-bond donors (Lipinski definition) is 0. The highest BCUT2D eigenvalue weighted by Crippen LogP contribution is 2.26. The molecule has 122 valence electrons. The number of halogens is 1. The van der Waals surface area contributed by atoms with Gasteiger partial charge < -0.3 is 14.7 Å². The van der Waals surface area contributed by atoms with E-state index in [0.717, 1.165) is 0 Å². The van der Waals surface area contributed by atoms with Gasteiger partial charge in [0, 0.05) is 16.0 Å². The molecule has 0 N–H and O–H groups in total. The number of ether oxygens (including phenoxy) is 1. The van der Waals surface area contributed by atoms with Crippen molar-refractivity contribution in [2.45, 2.75) is 6.92 Å². The SMILES string of the molecule is CCOC(=O)c1c(-c2cccc(Cl)c2)[n+](=O)c2ccccc2n1[O-]. The molecule has 0 amide bonds. The summed E-state index contributed by atoms with van der Waals surface area (Å²) in [6.45, 7) is 1.71. The van der Waals surface area contributed by atoms with Gasteiger partial charge in [0.05, 0.1) is 16.6 Å². The third-order valence-corrected chi connectivity index (χ3v) is 3.75. The first-order valence-corrected chi connectivity index (χ1v) is 7.63. The van der Waals surface area contributed by atoms with Gasteiger partial charge in [-0.1, -0.05) is 29.8 Å². The molecule has 0 aliphatic rings. The van der Waals surface area contributed by atoms with Crippen molar-refractivity contribution < 1.29 is 14.0 Å². The van der Waals surface area contributed by atoms with Gasteiger partial charge in [-0.25, -0.2) is 4.79 Å². The molecule has 0 saturated carbocycles. The van der Waals surface area contributed by atoms with E-state index in [1.165, 1.54) is 18.2 Å². The second-order valence-electron chi connectivity index (χ2n) is 5.01. The smallest absolute Gasteiger partial charge is 0.361 e. The number of rotatable bonds is 3. The predicted molar refractivity (Wildman–Crippen MR) is 90.5 cm³/mol. The lowest BCUT2D eigenvalue weighted by molar-refractivity contribution is -0.452. The summed E-state index contributed by atoms with van der Waals surface area (Å²) in [6, 6.07) is 12.6. The molecule has 0 spiro atoms. The topological polar surface area (TPSA) is 77.3 Å². The summed E-state index contributed by atoms with van der Waals surface area (Å²) >= 11 is 5.99. The molecule has 1 aromatic heterocycles. The molecule has 6 nitrogen and oxygen atoms in total. The van der Waals surface area contributed by atoms with E-state index in [0.29, 0.717) is 19.7 Å². The van der Waals surface area contributed by atoms with Crippen LogP contribution in [0.15, 0.2) is 48.5 Å². The van der Waals surface area contributed by atoms with Crippen LogP contribution in [0.3, 0.4) is 0 Å². The van der Waals surface area contributed by atoms with Crippen LogP contribution in [0.1, 0.15) is 17.4 Å². The molecule has 3 rings (SSSR count). The molecule has 0 unspecified atom stereocenters. The van der Waals surface area contributed by atoms with Crippen molar-refractivity contribution in [1.82, 2.24) is 4.73 Å². The van der Waals surface area contributed by atoms with Crippen LogP contribution in [-0.2, 0) is 4.74 Å². The van der Waals surface area contributed by atoms with Gasteiger partial charge >= 0.3 is 11.7 Å². The molecule has 0 saturated heterocycles. The van der Waals surface area contributed by atoms with Crippen LogP contribution >= 0.6 is 11.6 Å². The zero-order chi connectivity index (χ0) is 17.3. The highest BCUT2D eigenvalue weighted by molar-refractivity contribution is 6.30. The fourth-order valence-electron chi connectivity index (χ4n) is 2.51. The fraction of sp³-hybridized carbons (Fsp3) is 0.118. The van der Waals surface area contributed by atoms with Gasteiger partial charge in [0.1, 0.15) is 5.52 Å². The summed E-state index contributed by atoms with van der Waals surface area (Å²) in [5.41, 5.74) is 0.130. The van der Waals surface area contributed by atoms with Gasteiger partial charge in [-0.2, -0.15) is 0 Å². The van der Waals surface area contributed by atoms with E-state index in [1.54, 1.807) is 37.3 Å². The van der Waals surface area contributed by atoms with Gasteiger partial charge in [0.2, 0.25) is 5.69 Å². The first kappa shape index (κ1) is 16.0. The zero-order valence-electron chi connectivity index (χ0n) is 12.7. The van der Waals surface area contributed by atoms with Crippen molar-refractivity contribution in [3.05, 3.63) is 69.4 Å². The fourth-order valence-corrected chi connectivity index (χ4v) is 2.70. The van der Waals surface area contributed by atoms with Crippen LogP contribution in [0.4, 0.5) is 0 Å². The van der Waals surface area contributed by atoms with E-state index in [4.69, 9.17) is 16.3 Å². The summed E-state index contributed by atoms with van der Waals surface area (Å²) < 4.78 is 5.95. The second-order valence-corrected chi connectivity index (χ2v) is 5.44. The van der Waals surface area contributed by atoms with Crippen LogP contribution in [-0.4, -0.2) is 17.3 Å². The molecule has 0 atom stereocenters. The molecule has 24 heavy (non-hydrogen) atoms. The van der Waals surface area contributed by atoms with E-state index >= 15 is 0 Å². The minimum absolute atomic E-state index is 0.0828. The maximum Gasteiger partial charge on any atom is 0.361 e. The van der Waals surface area contributed by atoms with Crippen molar-refractivity contribution in [3.63, 3.8) is 0 Å². The normalized spacial score (nSPS) is 10.8. The van der Waals surface area contributed by atoms with Crippen molar-refractivity contribution in [2.24, 2.45) is 0 Å². The average molecular weight is 345 g/mol. The maximum atomic E-state index is 12.8. The number of esters is 1. The van der Waals surface area contributed by atoms with Crippen molar-refractivity contribution in [2.75, 3.05) is 6.61 Å². The first-order chi connectivity index (χ1) is 11.5. The van der Waals surface area contributed by atoms with Gasteiger partial charge in [-0.3, -0.25) is 0 Å². The minimum atomic E-state index is -0.863. The Kier molecular flexibility index (Phi) is 4.22. The molecule has 0 aliphatic carbocycles. The summed E-state index contributed by atoms with van der Waals surface area (Å²) in [6.07, 6.45) is 0. The number of aromatic nitrogens is 2. The standard InChI is InChI=1S/C17H13ClN2O4/c1-2-24-17(21)16-15(11-6-5-7-12(18)10-11)19(22)13-8-3-4-9-14(13)20(16)23/h3-10H,2H2,1H3. The van der Waals surface area contributed by atoms with E-state index in [9.17, 15) is 14.9 Å². The Morgan fingerprint density at radius 3 is 2.71 bits per heavy atom. The first-order valence-electron chi connectivity index (χ1n) is 7.25. The number of benzene rings is 2. The van der Waals surface area contributed by atoms with E-state index in [2.05, 4.69) is 0 Å². The third kappa shape index (κ3) is 2.61. The van der Waals surface area contributed by atoms with Crippen molar-refractivity contribution in [3.8, 4) is 11.3 Å². The van der Waals surface area contributed by atoms with E-state index < -0.39 is 5.97 Å². The predicted octanol–water partition coefficient (Wildman–Crippen LogP) is 3.40. The molecular weight excluding hydrogens is 332 g/mol. The van der Waals surface area contributed by atoms with Gasteiger partial charge in [-0.15, -0.1) is 0 Å². The van der Waals surface area contributed by atoms with E-state index in [1.807, 2.05) is 0 Å². The lowest BCUT2D eigenvalue weighted by Gasteiger charge is -2.17. The summed E-state index contributed by atoms with van der Waals surface area (Å²) in [5.74, 6) is -0.863. The number of nitrogens with zero attached hydrogens (tertiary/aromatic N) is 2. The van der Waals surface area contributed by atoms with Crippen LogP contribution < -0.4 is 4.43 Å². The van der Waals surface area contributed by atoms with Crippen LogP contribution in [0.2, 0.25) is 5.02 Å². The number of carbonyl (C=O) groups excluding carboxylic acids is 1. The summed E-state index contributed by atoms with van der Waals surface area (Å²) in [4.78, 5) is 25.1. The molecule has 0 radical (unpaired) electrons. The van der Waals surface area contributed by atoms with E-state index in [-0.39, 0.29) is 29.0 Å². The van der Waals surface area contributed by atoms with Gasteiger partial charge in [-0.05, 0) is 31.2 Å². The number of carbonyl (C=O) groups is 1. The van der Waals surface area contributed by atoms with Crippen LogP contribution in [0.25, 0.3) is 22.3 Å². The van der Waals surface area contributed by atoms with Gasteiger partial charge in [0.25, 0.3) is 5.52 Å². The van der Waals surface area contributed by atoms with Crippen LogP contribution in [0, 0.1) is 10.1 Å². The van der Waals surface area contributed by atoms with Crippen molar-refractivity contribution >= 4 is 28.6 Å². The Hall–Kier alpha value is -2.86. The Bertz CT molecular complexity index is 998. The number of fused-ring (bicyclic) bond motifs is 1. The quantitative estimate of drug-likeness (QED) is 0.539. The molecule has 0 bridgehead atoms. The molecule has 1 heterocycles. The third-order valence-electron chi connectivity index (χ3n) is 3.52. The monoisotopic (exact) mass is 344 g/mol. The molecular formula is C17H13ClN2O4. The van der Waals surface area contributed by atoms with Gasteiger partial charge in [0.15, 0.2) is 0 Å². The molecule has 3 aromatic rings.